The van der Waals surface area contributed by atoms with E-state index in [4.69, 9.17) is 4.74 Å². The van der Waals surface area contributed by atoms with Crippen LogP contribution < -0.4 is 10.6 Å². The van der Waals surface area contributed by atoms with E-state index in [1.165, 1.54) is 0 Å². The molecule has 0 unspecified atom stereocenters. The number of carbonyl (C=O) groups is 2. The monoisotopic (exact) mass is 341 g/mol. The summed E-state index contributed by atoms with van der Waals surface area (Å²) >= 11 is 0. The summed E-state index contributed by atoms with van der Waals surface area (Å²) in [6.07, 6.45) is 0. The molecule has 0 aromatic heterocycles. The first kappa shape index (κ1) is 19.0. The lowest BCUT2D eigenvalue weighted by atomic mass is 10.2. The van der Waals surface area contributed by atoms with Crippen molar-refractivity contribution in [3.8, 4) is 0 Å². The van der Waals surface area contributed by atoms with Crippen molar-refractivity contribution in [2.24, 2.45) is 0 Å². The first-order valence-corrected chi connectivity index (χ1v) is 8.80. The average molecular weight is 341 g/mol. The predicted molar refractivity (Wildman–Crippen MR) is 91.9 cm³/mol. The smallest absolute Gasteiger partial charge is 0.318 e. The first-order chi connectivity index (χ1) is 11.5. The number of piperazine rings is 1. The Morgan fingerprint density at radius 1 is 1.00 bits per heavy atom. The third-order valence-corrected chi connectivity index (χ3v) is 4.38. The normalized spacial score (nSPS) is 21.6. The number of rotatable bonds is 5. The van der Waals surface area contributed by atoms with Gasteiger partial charge < -0.3 is 25.2 Å². The van der Waals surface area contributed by atoms with Crippen LogP contribution in [0.2, 0.25) is 0 Å². The van der Waals surface area contributed by atoms with Gasteiger partial charge in [-0.05, 0) is 20.9 Å². The summed E-state index contributed by atoms with van der Waals surface area (Å²) in [5.74, 6) is -0.120. The molecule has 1 atom stereocenters. The van der Waals surface area contributed by atoms with Crippen molar-refractivity contribution in [3.05, 3.63) is 0 Å². The van der Waals surface area contributed by atoms with E-state index in [2.05, 4.69) is 27.5 Å². The van der Waals surface area contributed by atoms with Crippen LogP contribution in [0.1, 0.15) is 13.8 Å². The van der Waals surface area contributed by atoms with Crippen LogP contribution in [0.25, 0.3) is 0 Å². The number of nitrogens with one attached hydrogen (secondary N) is 2. The number of urea groups is 1. The molecule has 2 rings (SSSR count). The van der Waals surface area contributed by atoms with Crippen LogP contribution in [0.15, 0.2) is 0 Å². The fraction of sp³-hybridized carbons (Fsp3) is 0.875. The summed E-state index contributed by atoms with van der Waals surface area (Å²) in [4.78, 5) is 31.2. The summed E-state index contributed by atoms with van der Waals surface area (Å²) in [7, 11) is 2.10. The van der Waals surface area contributed by atoms with Gasteiger partial charge in [-0.1, -0.05) is 0 Å². The van der Waals surface area contributed by atoms with Crippen molar-refractivity contribution >= 4 is 11.9 Å². The van der Waals surface area contributed by atoms with E-state index in [9.17, 15) is 9.59 Å². The number of carbonyl (C=O) groups excluding carboxylic acids is 2. The zero-order chi connectivity index (χ0) is 17.5. The molecule has 2 heterocycles. The van der Waals surface area contributed by atoms with E-state index in [1.807, 2.05) is 13.8 Å². The Labute approximate surface area is 144 Å². The van der Waals surface area contributed by atoms with Crippen LogP contribution in [0.3, 0.4) is 0 Å². The molecule has 0 radical (unpaired) electrons. The molecule has 2 fully saturated rings. The van der Waals surface area contributed by atoms with Crippen LogP contribution in [-0.4, -0.2) is 105 Å². The molecule has 2 N–H and O–H groups in total. The molecule has 0 aromatic rings. The Kier molecular flexibility index (Phi) is 7.26. The van der Waals surface area contributed by atoms with E-state index >= 15 is 0 Å². The van der Waals surface area contributed by atoms with Gasteiger partial charge in [0.05, 0.1) is 13.2 Å². The van der Waals surface area contributed by atoms with Gasteiger partial charge in [0, 0.05) is 51.9 Å². The van der Waals surface area contributed by atoms with Gasteiger partial charge in [-0.2, -0.15) is 0 Å². The minimum atomic E-state index is -0.536. The zero-order valence-corrected chi connectivity index (χ0v) is 15.1. The van der Waals surface area contributed by atoms with Crippen molar-refractivity contribution in [2.75, 3.05) is 66.1 Å². The number of nitrogens with zero attached hydrogens (tertiary/aromatic N) is 3. The summed E-state index contributed by atoms with van der Waals surface area (Å²) in [6, 6.07) is -0.671. The summed E-state index contributed by atoms with van der Waals surface area (Å²) in [5.41, 5.74) is 0. The molecular formula is C16H31N5O3. The van der Waals surface area contributed by atoms with Gasteiger partial charge in [0.25, 0.3) is 0 Å². The molecule has 24 heavy (non-hydrogen) atoms. The second-order valence-electron chi connectivity index (χ2n) is 6.87. The van der Waals surface area contributed by atoms with Crippen molar-refractivity contribution in [3.63, 3.8) is 0 Å². The Bertz CT molecular complexity index is 418. The van der Waals surface area contributed by atoms with E-state index in [1.54, 1.807) is 4.90 Å². The molecule has 0 bridgehead atoms. The van der Waals surface area contributed by atoms with Crippen molar-refractivity contribution in [2.45, 2.75) is 25.9 Å². The minimum absolute atomic E-state index is 0.0489. The SMILES string of the molecule is CC(C)NC(=O)[C@H](CN1CCN(C)CC1)NC(=O)N1CCOCC1. The summed E-state index contributed by atoms with van der Waals surface area (Å²) in [6.45, 7) is 10.4. The van der Waals surface area contributed by atoms with Crippen LogP contribution in [0, 0.1) is 0 Å². The third kappa shape index (κ3) is 5.92. The van der Waals surface area contributed by atoms with Crippen molar-refractivity contribution < 1.29 is 14.3 Å². The van der Waals surface area contributed by atoms with Crippen molar-refractivity contribution in [1.29, 1.82) is 0 Å². The molecular weight excluding hydrogens is 310 g/mol. The van der Waals surface area contributed by atoms with E-state index in [-0.39, 0.29) is 18.0 Å². The number of hydrogen-bond donors (Lipinski definition) is 2. The van der Waals surface area contributed by atoms with Gasteiger partial charge in [-0.25, -0.2) is 4.79 Å². The molecule has 138 valence electrons. The fourth-order valence-corrected chi connectivity index (χ4v) is 2.87. The lowest BCUT2D eigenvalue weighted by Gasteiger charge is -2.35. The standard InChI is InChI=1S/C16H31N5O3/c1-13(2)17-15(22)14(12-20-6-4-19(3)5-7-20)18-16(23)21-8-10-24-11-9-21/h13-14H,4-12H2,1-3H3,(H,17,22)(H,18,23)/t14-/m0/s1. The second-order valence-corrected chi connectivity index (χ2v) is 6.87. The molecule has 0 aliphatic carbocycles. The quantitative estimate of drug-likeness (QED) is 0.683. The highest BCUT2D eigenvalue weighted by molar-refractivity contribution is 5.87. The Hall–Kier alpha value is -1.38. The Morgan fingerprint density at radius 2 is 1.62 bits per heavy atom. The highest BCUT2D eigenvalue weighted by Gasteiger charge is 2.28. The molecule has 8 nitrogen and oxygen atoms in total. The van der Waals surface area contributed by atoms with Crippen LogP contribution >= 0.6 is 0 Å². The van der Waals surface area contributed by atoms with Crippen LogP contribution in [0.5, 0.6) is 0 Å². The van der Waals surface area contributed by atoms with Gasteiger partial charge >= 0.3 is 6.03 Å². The molecule has 2 aliphatic rings. The fourth-order valence-electron chi connectivity index (χ4n) is 2.87. The molecule has 0 saturated carbocycles. The molecule has 0 aromatic carbocycles. The molecule has 0 spiro atoms. The molecule has 2 saturated heterocycles. The topological polar surface area (TPSA) is 77.2 Å². The van der Waals surface area contributed by atoms with Gasteiger partial charge in [-0.15, -0.1) is 0 Å². The first-order valence-electron chi connectivity index (χ1n) is 8.80. The Balaban J connectivity index is 1.93. The lowest BCUT2D eigenvalue weighted by Crippen LogP contribution is -2.59. The molecule has 3 amide bonds. The number of likely N-dealkylation sites (N-methyl/N-ethyl adjacent to an activating group) is 1. The van der Waals surface area contributed by atoms with E-state index < -0.39 is 6.04 Å². The maximum atomic E-state index is 12.5. The van der Waals surface area contributed by atoms with Gasteiger partial charge in [0.15, 0.2) is 0 Å². The highest BCUT2D eigenvalue weighted by Crippen LogP contribution is 2.03. The number of ether oxygens (including phenoxy) is 1. The van der Waals surface area contributed by atoms with Gasteiger partial charge in [0.1, 0.15) is 6.04 Å². The third-order valence-electron chi connectivity index (χ3n) is 4.38. The molecule has 2 aliphatic heterocycles. The minimum Gasteiger partial charge on any atom is -0.378 e. The van der Waals surface area contributed by atoms with Gasteiger partial charge in [-0.3, -0.25) is 9.69 Å². The second kappa shape index (κ2) is 9.19. The number of hydrogen-bond acceptors (Lipinski definition) is 5. The van der Waals surface area contributed by atoms with Crippen LogP contribution in [-0.2, 0) is 9.53 Å². The number of morpholine rings is 1. The lowest BCUT2D eigenvalue weighted by molar-refractivity contribution is -0.124. The highest BCUT2D eigenvalue weighted by atomic mass is 16.5. The maximum absolute atomic E-state index is 12.5. The zero-order valence-electron chi connectivity index (χ0n) is 15.1. The summed E-state index contributed by atoms with van der Waals surface area (Å²) < 4.78 is 5.27. The van der Waals surface area contributed by atoms with Crippen LogP contribution in [0.4, 0.5) is 4.79 Å². The largest absolute Gasteiger partial charge is 0.378 e. The summed E-state index contributed by atoms with van der Waals surface area (Å²) in [5, 5.41) is 5.83. The van der Waals surface area contributed by atoms with E-state index in [0.29, 0.717) is 32.8 Å². The maximum Gasteiger partial charge on any atom is 0.318 e. The predicted octanol–water partition coefficient (Wildman–Crippen LogP) is -0.831. The average Bonchev–Trinajstić information content (AvgIpc) is 2.56. The van der Waals surface area contributed by atoms with Gasteiger partial charge in [0.2, 0.25) is 5.91 Å². The Morgan fingerprint density at radius 3 is 2.21 bits per heavy atom. The van der Waals surface area contributed by atoms with Crippen molar-refractivity contribution in [1.82, 2.24) is 25.3 Å². The van der Waals surface area contributed by atoms with E-state index in [0.717, 1.165) is 26.2 Å². The number of amides is 3. The molecule has 8 heteroatoms.